The van der Waals surface area contributed by atoms with E-state index < -0.39 is 11.2 Å². The molecule has 0 spiro atoms. The largest absolute Gasteiger partial charge is 0.465 e. The summed E-state index contributed by atoms with van der Waals surface area (Å²) >= 11 is 2.43. The van der Waals surface area contributed by atoms with E-state index in [1.54, 1.807) is 25.1 Å². The molecule has 1 heterocycles. The Morgan fingerprint density at radius 2 is 1.82 bits per heavy atom. The molecule has 0 aliphatic heterocycles. The van der Waals surface area contributed by atoms with Crippen molar-refractivity contribution in [2.45, 2.75) is 30.4 Å². The van der Waals surface area contributed by atoms with Crippen LogP contribution in [0.25, 0.3) is 0 Å². The van der Waals surface area contributed by atoms with Crippen LogP contribution in [0.4, 0.5) is 16.4 Å². The van der Waals surface area contributed by atoms with Crippen LogP contribution in [0, 0.1) is 6.92 Å². The molecule has 2 aromatic carbocycles. The van der Waals surface area contributed by atoms with E-state index in [9.17, 15) is 14.4 Å². The Morgan fingerprint density at radius 3 is 2.45 bits per heavy atom. The molecule has 3 aromatic rings. The monoisotopic (exact) mass is 483 g/mol. The molecule has 2 amide bonds. The number of carbonyl (C=O) groups excluding carboxylic acids is 3. The molecule has 0 saturated heterocycles. The van der Waals surface area contributed by atoms with E-state index in [-0.39, 0.29) is 22.4 Å². The fourth-order valence-electron chi connectivity index (χ4n) is 3.14. The predicted molar refractivity (Wildman–Crippen MR) is 134 cm³/mol. The van der Waals surface area contributed by atoms with E-state index in [1.165, 1.54) is 18.9 Å². The van der Waals surface area contributed by atoms with Crippen molar-refractivity contribution >= 4 is 57.3 Å². The normalized spacial score (nSPS) is 11.5. The molecule has 0 fully saturated rings. The minimum Gasteiger partial charge on any atom is -0.465 e. The number of para-hydroxylation sites is 1. The number of amides is 2. The van der Waals surface area contributed by atoms with Crippen molar-refractivity contribution in [3.8, 4) is 0 Å². The Balaban J connectivity index is 1.86. The van der Waals surface area contributed by atoms with Crippen LogP contribution in [0.1, 0.15) is 38.9 Å². The van der Waals surface area contributed by atoms with Gasteiger partial charge in [-0.25, -0.2) is 4.79 Å². The second kappa shape index (κ2) is 11.0. The van der Waals surface area contributed by atoms with Gasteiger partial charge in [0.2, 0.25) is 5.91 Å². The van der Waals surface area contributed by atoms with Crippen molar-refractivity contribution in [3.63, 3.8) is 0 Å². The van der Waals surface area contributed by atoms with Crippen molar-refractivity contribution in [2.75, 3.05) is 23.5 Å². The summed E-state index contributed by atoms with van der Waals surface area (Å²) in [6.07, 6.45) is 0.560. The Labute approximate surface area is 200 Å². The average molecular weight is 484 g/mol. The van der Waals surface area contributed by atoms with Crippen LogP contribution in [0.2, 0.25) is 0 Å². The van der Waals surface area contributed by atoms with Crippen LogP contribution in [-0.2, 0) is 9.53 Å². The number of nitrogens with two attached hydrogens (primary N) is 1. The smallest absolute Gasteiger partial charge is 0.341 e. The van der Waals surface area contributed by atoms with Crippen LogP contribution in [0.5, 0.6) is 0 Å². The van der Waals surface area contributed by atoms with E-state index in [0.29, 0.717) is 28.2 Å². The molecule has 4 N–H and O–H groups in total. The third kappa shape index (κ3) is 5.94. The van der Waals surface area contributed by atoms with Gasteiger partial charge in [-0.1, -0.05) is 31.2 Å². The Bertz CT molecular complexity index is 1160. The third-order valence-electron chi connectivity index (χ3n) is 4.81. The van der Waals surface area contributed by atoms with Gasteiger partial charge < -0.3 is 21.1 Å². The highest BCUT2D eigenvalue weighted by Crippen LogP contribution is 2.35. The van der Waals surface area contributed by atoms with E-state index in [4.69, 9.17) is 10.5 Å². The van der Waals surface area contributed by atoms with Gasteiger partial charge in [0.05, 0.1) is 22.8 Å². The van der Waals surface area contributed by atoms with Crippen LogP contribution in [-0.4, -0.2) is 30.1 Å². The molecule has 1 atom stereocenters. The molecule has 33 heavy (non-hydrogen) atoms. The number of hydrogen-bond donors (Lipinski definition) is 3. The number of ether oxygens (including phenoxy) is 1. The Morgan fingerprint density at radius 1 is 1.09 bits per heavy atom. The summed E-state index contributed by atoms with van der Waals surface area (Å²) in [5, 5.41) is 5.52. The second-order valence-corrected chi connectivity index (χ2v) is 9.45. The molecular weight excluding hydrogens is 458 g/mol. The Kier molecular flexibility index (Phi) is 8.13. The van der Waals surface area contributed by atoms with Gasteiger partial charge in [0.15, 0.2) is 0 Å². The quantitative estimate of drug-likeness (QED) is 0.231. The number of anilines is 3. The Hall–Kier alpha value is -3.30. The number of thiophene rings is 1. The number of nitrogen functional groups attached to an aromatic ring is 1. The zero-order valence-electron chi connectivity index (χ0n) is 18.5. The summed E-state index contributed by atoms with van der Waals surface area (Å²) < 4.78 is 4.91. The summed E-state index contributed by atoms with van der Waals surface area (Å²) in [5.74, 6) is -1.25. The number of nitrogens with one attached hydrogen (secondary N) is 2. The van der Waals surface area contributed by atoms with Crippen LogP contribution in [0.3, 0.4) is 0 Å². The number of hydrogen-bond acceptors (Lipinski definition) is 7. The number of benzene rings is 2. The van der Waals surface area contributed by atoms with Gasteiger partial charge >= 0.3 is 5.97 Å². The maximum absolute atomic E-state index is 13.1. The molecule has 3 rings (SSSR count). The summed E-state index contributed by atoms with van der Waals surface area (Å²) in [6.45, 7) is 3.57. The topological polar surface area (TPSA) is 111 Å². The lowest BCUT2D eigenvalue weighted by molar-refractivity contribution is -0.115. The molecule has 0 radical (unpaired) electrons. The van der Waals surface area contributed by atoms with Crippen molar-refractivity contribution in [2.24, 2.45) is 0 Å². The van der Waals surface area contributed by atoms with Gasteiger partial charge in [-0.05, 0) is 49.2 Å². The van der Waals surface area contributed by atoms with Crippen LogP contribution >= 0.6 is 23.1 Å². The standard InChI is InChI=1S/C24H25N3O4S2/c1-4-18(32-17-12-8-9-15(25)13-17)21(28)27-23-19(24(30)31-3)14(2)20(33-23)22(29)26-16-10-6-5-7-11-16/h5-13,18H,4,25H2,1-3H3,(H,26,29)(H,27,28). The first-order chi connectivity index (χ1) is 15.8. The van der Waals surface area contributed by atoms with Gasteiger partial charge in [0, 0.05) is 16.3 Å². The highest BCUT2D eigenvalue weighted by Gasteiger charge is 2.28. The van der Waals surface area contributed by atoms with Gasteiger partial charge in [-0.15, -0.1) is 23.1 Å². The highest BCUT2D eigenvalue weighted by atomic mass is 32.2. The molecule has 0 saturated carbocycles. The van der Waals surface area contributed by atoms with E-state index in [1.807, 2.05) is 43.3 Å². The summed E-state index contributed by atoms with van der Waals surface area (Å²) in [4.78, 5) is 39.6. The first-order valence-corrected chi connectivity index (χ1v) is 11.9. The average Bonchev–Trinajstić information content (AvgIpc) is 3.13. The maximum atomic E-state index is 13.1. The van der Waals surface area contributed by atoms with E-state index in [0.717, 1.165) is 16.2 Å². The molecule has 7 nitrogen and oxygen atoms in total. The minimum atomic E-state index is -0.616. The minimum absolute atomic E-state index is 0.179. The SMILES string of the molecule is CCC(Sc1cccc(N)c1)C(=O)Nc1sc(C(=O)Nc2ccccc2)c(C)c1C(=O)OC. The van der Waals surface area contributed by atoms with E-state index >= 15 is 0 Å². The molecular formula is C24H25N3O4S2. The highest BCUT2D eigenvalue weighted by molar-refractivity contribution is 8.00. The second-order valence-electron chi connectivity index (χ2n) is 7.15. The van der Waals surface area contributed by atoms with Gasteiger partial charge in [-0.3, -0.25) is 9.59 Å². The van der Waals surface area contributed by atoms with E-state index in [2.05, 4.69) is 10.6 Å². The first-order valence-electron chi connectivity index (χ1n) is 10.2. The number of esters is 1. The summed E-state index contributed by atoms with van der Waals surface area (Å²) in [6, 6.07) is 16.3. The van der Waals surface area contributed by atoms with Gasteiger partial charge in [-0.2, -0.15) is 0 Å². The number of carbonyl (C=O) groups is 3. The van der Waals surface area contributed by atoms with Crippen LogP contribution < -0.4 is 16.4 Å². The number of rotatable bonds is 8. The zero-order chi connectivity index (χ0) is 24.0. The molecule has 1 unspecified atom stereocenters. The summed E-state index contributed by atoms with van der Waals surface area (Å²) in [5.41, 5.74) is 7.72. The maximum Gasteiger partial charge on any atom is 0.341 e. The molecule has 1 aromatic heterocycles. The fourth-order valence-corrected chi connectivity index (χ4v) is 5.26. The fraction of sp³-hybridized carbons (Fsp3) is 0.208. The zero-order valence-corrected chi connectivity index (χ0v) is 20.1. The van der Waals surface area contributed by atoms with Crippen LogP contribution in [0.15, 0.2) is 59.5 Å². The lowest BCUT2D eigenvalue weighted by Gasteiger charge is -2.15. The predicted octanol–water partition coefficient (Wildman–Crippen LogP) is 5.19. The van der Waals surface area contributed by atoms with Crippen molar-refractivity contribution < 1.29 is 19.1 Å². The summed E-state index contributed by atoms with van der Waals surface area (Å²) in [7, 11) is 1.26. The van der Waals surface area contributed by atoms with Crippen molar-refractivity contribution in [1.82, 2.24) is 0 Å². The lowest BCUT2D eigenvalue weighted by Crippen LogP contribution is -2.25. The number of thioether (sulfide) groups is 1. The molecule has 172 valence electrons. The number of methoxy groups -OCH3 is 1. The molecule has 9 heteroatoms. The van der Waals surface area contributed by atoms with Gasteiger partial charge in [0.1, 0.15) is 5.00 Å². The lowest BCUT2D eigenvalue weighted by atomic mass is 10.1. The van der Waals surface area contributed by atoms with Crippen molar-refractivity contribution in [3.05, 3.63) is 70.6 Å². The molecule has 0 bridgehead atoms. The van der Waals surface area contributed by atoms with Crippen molar-refractivity contribution in [1.29, 1.82) is 0 Å². The molecule has 0 aliphatic rings. The third-order valence-corrected chi connectivity index (χ3v) is 7.37. The molecule has 0 aliphatic carbocycles. The van der Waals surface area contributed by atoms with Gasteiger partial charge in [0.25, 0.3) is 5.91 Å². The first kappa shape index (κ1) is 24.3.